The first kappa shape index (κ1) is 38.2. The van der Waals surface area contributed by atoms with E-state index in [1.54, 1.807) is 19.1 Å². The minimum Gasteiger partial charge on any atom is -0.472 e. The lowest BCUT2D eigenvalue weighted by Crippen LogP contribution is -2.52. The second-order valence-corrected chi connectivity index (χ2v) is 19.6. The number of rotatable bonds is 7. The first-order chi connectivity index (χ1) is 26.8. The number of ether oxygens (including phenoxy) is 1. The molecule has 2 N–H and O–H groups in total. The summed E-state index contributed by atoms with van der Waals surface area (Å²) in [6.07, 6.45) is 7.51. The maximum Gasteiger partial charge on any atom is 0.262 e. The van der Waals surface area contributed by atoms with E-state index in [2.05, 4.69) is 15.0 Å². The Morgan fingerprint density at radius 1 is 1.02 bits per heavy atom. The third kappa shape index (κ3) is 7.33. The fourth-order valence-corrected chi connectivity index (χ4v) is 10.3. The van der Waals surface area contributed by atoms with Crippen molar-refractivity contribution in [3.05, 3.63) is 82.3 Å². The molecule has 0 radical (unpaired) electrons. The number of hydrogen-bond acceptors (Lipinski definition) is 9. The number of ketones is 1. The SMILES string of the molecule is Cc1ccc(C(=O)N[C@H]2CCCCC/C=C\[C@@H]3C[C@@]3(C(=O)NS(=O)(=O)C3(C)CC3)CC(=O)[C@@H]3C[C@@H](Oc4nc5cc(F)ccc5c5ccccc45)CN3C2=O)s1. The molecular weight excluding hydrogens is 756 g/mol. The largest absolute Gasteiger partial charge is 0.472 e. The summed E-state index contributed by atoms with van der Waals surface area (Å²) >= 11 is 1.33. The number of thiophene rings is 1. The third-order valence-corrected chi connectivity index (χ3v) is 15.2. The van der Waals surface area contributed by atoms with E-state index in [0.29, 0.717) is 47.9 Å². The molecule has 2 aliphatic carbocycles. The molecule has 2 saturated carbocycles. The molecule has 0 unspecified atom stereocenters. The number of nitrogens with zero attached hydrogens (tertiary/aromatic N) is 2. The van der Waals surface area contributed by atoms with Gasteiger partial charge in [0.15, 0.2) is 5.78 Å². The molecule has 3 fully saturated rings. The highest BCUT2D eigenvalue weighted by Gasteiger charge is 2.62. The van der Waals surface area contributed by atoms with E-state index in [4.69, 9.17) is 4.74 Å². The molecule has 4 heterocycles. The molecule has 4 aliphatic rings. The smallest absolute Gasteiger partial charge is 0.262 e. The fourth-order valence-electron chi connectivity index (χ4n) is 8.22. The molecule has 294 valence electrons. The van der Waals surface area contributed by atoms with Crippen LogP contribution in [0.3, 0.4) is 0 Å². The molecule has 56 heavy (non-hydrogen) atoms. The molecule has 2 aromatic carbocycles. The van der Waals surface area contributed by atoms with Crippen molar-refractivity contribution in [2.45, 2.75) is 101 Å². The summed E-state index contributed by atoms with van der Waals surface area (Å²) < 4.78 is 48.7. The van der Waals surface area contributed by atoms with E-state index in [1.807, 2.05) is 49.4 Å². The van der Waals surface area contributed by atoms with Gasteiger partial charge in [-0.25, -0.2) is 17.8 Å². The molecule has 0 spiro atoms. The molecule has 2 aliphatic heterocycles. The Labute approximate surface area is 329 Å². The fraction of sp³-hybridized carbons (Fsp3) is 0.452. The van der Waals surface area contributed by atoms with Gasteiger partial charge in [-0.15, -0.1) is 11.3 Å². The Bertz CT molecular complexity index is 2390. The number of sulfonamides is 1. The molecule has 8 rings (SSSR count). The molecule has 3 amide bonds. The number of aryl methyl sites for hydroxylation is 1. The number of nitrogens with one attached hydrogen (secondary N) is 2. The van der Waals surface area contributed by atoms with Crippen molar-refractivity contribution in [2.75, 3.05) is 6.54 Å². The van der Waals surface area contributed by atoms with Gasteiger partial charge in [-0.05, 0) is 94.0 Å². The van der Waals surface area contributed by atoms with Gasteiger partial charge in [-0.3, -0.25) is 23.9 Å². The van der Waals surface area contributed by atoms with E-state index in [1.165, 1.54) is 28.4 Å². The zero-order chi connectivity index (χ0) is 39.4. The summed E-state index contributed by atoms with van der Waals surface area (Å²) in [5.41, 5.74) is -0.897. The summed E-state index contributed by atoms with van der Waals surface area (Å²) in [6, 6.07) is 13.4. The Hall–Kier alpha value is -4.69. The van der Waals surface area contributed by atoms with Gasteiger partial charge >= 0.3 is 0 Å². The van der Waals surface area contributed by atoms with E-state index in [-0.39, 0.29) is 37.1 Å². The van der Waals surface area contributed by atoms with Gasteiger partial charge in [0.2, 0.25) is 27.7 Å². The quantitative estimate of drug-likeness (QED) is 0.158. The van der Waals surface area contributed by atoms with Crippen LogP contribution < -0.4 is 14.8 Å². The van der Waals surface area contributed by atoms with Crippen molar-refractivity contribution in [2.24, 2.45) is 11.3 Å². The maximum atomic E-state index is 14.7. The minimum absolute atomic E-state index is 0.00776. The van der Waals surface area contributed by atoms with Crippen molar-refractivity contribution in [3.63, 3.8) is 0 Å². The summed E-state index contributed by atoms with van der Waals surface area (Å²) in [7, 11) is -3.97. The van der Waals surface area contributed by atoms with Crippen LogP contribution in [0.5, 0.6) is 5.88 Å². The van der Waals surface area contributed by atoms with Gasteiger partial charge in [-0.1, -0.05) is 43.2 Å². The number of benzene rings is 2. The summed E-state index contributed by atoms with van der Waals surface area (Å²) in [5, 5.41) is 5.18. The van der Waals surface area contributed by atoms with E-state index in [0.717, 1.165) is 34.9 Å². The first-order valence-electron chi connectivity index (χ1n) is 19.4. The predicted octanol–water partition coefficient (Wildman–Crippen LogP) is 6.53. The highest BCUT2D eigenvalue weighted by atomic mass is 32.2. The summed E-state index contributed by atoms with van der Waals surface area (Å²) in [4.78, 5) is 64.3. The zero-order valence-electron chi connectivity index (χ0n) is 31.4. The number of amides is 3. The van der Waals surface area contributed by atoms with Gasteiger partial charge in [0, 0.05) is 34.6 Å². The standard InChI is InChI=1S/C42H45FN4O7S2/c1-25-14-17-36(55-25)37(49)44-32-13-7-5-3-4-6-10-26-22-42(26,40(51)46-56(52,53)41(2)18-19-41)23-35(48)34-21-28(24-47(34)39(32)50)54-38-31-12-9-8-11-29(31)30-16-15-27(43)20-33(30)45-38/h6,8-12,14-17,20,26,28,32,34H,3-5,7,13,18-19,21-24H2,1-2H3,(H,44,49)(H,46,51)/b10-6-/t26-,28-,32+,34+,42-/m1/s1. The minimum atomic E-state index is -3.97. The van der Waals surface area contributed by atoms with Gasteiger partial charge in [0.1, 0.15) is 18.0 Å². The Balaban J connectivity index is 1.13. The van der Waals surface area contributed by atoms with E-state index in [9.17, 15) is 32.0 Å². The van der Waals surface area contributed by atoms with Crippen LogP contribution in [0.15, 0.2) is 66.7 Å². The van der Waals surface area contributed by atoms with Crippen LogP contribution in [0.25, 0.3) is 21.7 Å². The van der Waals surface area contributed by atoms with Crippen LogP contribution in [-0.2, 0) is 24.4 Å². The van der Waals surface area contributed by atoms with Crippen LogP contribution in [-0.4, -0.2) is 71.3 Å². The highest BCUT2D eigenvalue weighted by molar-refractivity contribution is 7.91. The van der Waals surface area contributed by atoms with Gasteiger partial charge in [-0.2, -0.15) is 0 Å². The number of hydrogen-bond donors (Lipinski definition) is 2. The van der Waals surface area contributed by atoms with Crippen molar-refractivity contribution in [1.29, 1.82) is 0 Å². The Morgan fingerprint density at radius 2 is 1.80 bits per heavy atom. The number of allylic oxidation sites excluding steroid dienone is 2. The van der Waals surface area contributed by atoms with Gasteiger partial charge in [0.05, 0.1) is 33.1 Å². The molecule has 11 nitrogen and oxygen atoms in total. The number of halogens is 1. The van der Waals surface area contributed by atoms with Crippen molar-refractivity contribution in [1.82, 2.24) is 19.9 Å². The number of carbonyl (C=O) groups is 4. The molecule has 0 bridgehead atoms. The summed E-state index contributed by atoms with van der Waals surface area (Å²) in [5.74, 6) is -2.46. The zero-order valence-corrected chi connectivity index (χ0v) is 33.0. The number of pyridine rings is 1. The average molecular weight is 801 g/mol. The lowest BCUT2D eigenvalue weighted by Gasteiger charge is -2.29. The van der Waals surface area contributed by atoms with Crippen LogP contribution in [0.4, 0.5) is 4.39 Å². The average Bonchev–Trinajstić information content (AvgIpc) is 3.97. The molecule has 14 heteroatoms. The highest BCUT2D eigenvalue weighted by Crippen LogP contribution is 2.57. The van der Waals surface area contributed by atoms with Crippen molar-refractivity contribution >= 4 is 66.5 Å². The van der Waals surface area contributed by atoms with Crippen LogP contribution in [0.1, 0.15) is 85.7 Å². The number of aromatic nitrogens is 1. The second-order valence-electron chi connectivity index (χ2n) is 16.1. The molecule has 1 saturated heterocycles. The Kier molecular flexibility index (Phi) is 10.0. The molecule has 5 atom stereocenters. The monoisotopic (exact) mass is 800 g/mol. The van der Waals surface area contributed by atoms with Crippen molar-refractivity contribution in [3.8, 4) is 5.88 Å². The van der Waals surface area contributed by atoms with E-state index >= 15 is 0 Å². The molecular formula is C42H45FN4O7S2. The maximum absolute atomic E-state index is 14.7. The first-order valence-corrected chi connectivity index (χ1v) is 21.7. The van der Waals surface area contributed by atoms with Crippen LogP contribution >= 0.6 is 11.3 Å². The van der Waals surface area contributed by atoms with Crippen molar-refractivity contribution < 1.29 is 36.7 Å². The third-order valence-electron chi connectivity index (χ3n) is 12.0. The lowest BCUT2D eigenvalue weighted by molar-refractivity contribution is -0.140. The Morgan fingerprint density at radius 3 is 2.55 bits per heavy atom. The summed E-state index contributed by atoms with van der Waals surface area (Å²) in [6.45, 7) is 3.49. The number of fused-ring (bicyclic) bond motifs is 5. The second kappa shape index (κ2) is 14.7. The van der Waals surface area contributed by atoms with Crippen LogP contribution in [0, 0.1) is 24.1 Å². The van der Waals surface area contributed by atoms with Crippen LogP contribution in [0.2, 0.25) is 0 Å². The molecule has 2 aromatic heterocycles. The molecule has 4 aromatic rings. The number of Topliss-reactive ketones (excluding diaryl/α,β-unsaturated/α-hetero) is 1. The predicted molar refractivity (Wildman–Crippen MR) is 211 cm³/mol. The van der Waals surface area contributed by atoms with E-state index < -0.39 is 61.8 Å². The van der Waals surface area contributed by atoms with Gasteiger partial charge in [0.25, 0.3) is 5.91 Å². The topological polar surface area (TPSA) is 152 Å². The normalized spacial score (nSPS) is 27.1. The lowest BCUT2D eigenvalue weighted by atomic mass is 9.91. The van der Waals surface area contributed by atoms with Gasteiger partial charge < -0.3 is 15.0 Å². The number of carbonyl (C=O) groups excluding carboxylic acids is 4.